The number of thiophene rings is 1. The molecule has 1 unspecified atom stereocenters. The fraction of sp³-hybridized carbons (Fsp3) is 0.267. The summed E-state index contributed by atoms with van der Waals surface area (Å²) >= 11 is 1.71. The standard InChI is InChI=1S/C15H15NS/c1-12-5-7-13(8-6-12)15(2,11-16)10-14-4-3-9-17-14/h3-9H,10H2,1-2H3. The highest BCUT2D eigenvalue weighted by molar-refractivity contribution is 7.09. The Morgan fingerprint density at radius 2 is 1.94 bits per heavy atom. The minimum Gasteiger partial charge on any atom is -0.197 e. The Bertz CT molecular complexity index is 519. The summed E-state index contributed by atoms with van der Waals surface area (Å²) in [5.41, 5.74) is 1.89. The maximum absolute atomic E-state index is 9.46. The smallest absolute Gasteiger partial charge is 0.0842 e. The molecule has 1 aromatic carbocycles. The molecule has 0 fully saturated rings. The molecule has 1 nitrogen and oxygen atoms in total. The van der Waals surface area contributed by atoms with Crippen molar-refractivity contribution in [3.63, 3.8) is 0 Å². The van der Waals surface area contributed by atoms with Crippen LogP contribution < -0.4 is 0 Å². The maximum Gasteiger partial charge on any atom is 0.0842 e. The van der Waals surface area contributed by atoms with Gasteiger partial charge in [0.25, 0.3) is 0 Å². The van der Waals surface area contributed by atoms with Crippen molar-refractivity contribution in [3.05, 3.63) is 57.8 Å². The Labute approximate surface area is 106 Å². The first-order valence-corrected chi connectivity index (χ1v) is 6.53. The van der Waals surface area contributed by atoms with E-state index in [9.17, 15) is 5.26 Å². The Morgan fingerprint density at radius 1 is 1.24 bits per heavy atom. The molecule has 0 saturated heterocycles. The van der Waals surface area contributed by atoms with Gasteiger partial charge >= 0.3 is 0 Å². The lowest BCUT2D eigenvalue weighted by Crippen LogP contribution is -2.22. The number of hydrogen-bond acceptors (Lipinski definition) is 2. The molecule has 0 aliphatic carbocycles. The van der Waals surface area contributed by atoms with Gasteiger partial charge in [-0.25, -0.2) is 0 Å². The zero-order valence-corrected chi connectivity index (χ0v) is 10.9. The normalized spacial score (nSPS) is 13.9. The summed E-state index contributed by atoms with van der Waals surface area (Å²) in [7, 11) is 0. The van der Waals surface area contributed by atoms with Gasteiger partial charge in [0, 0.05) is 11.3 Å². The van der Waals surface area contributed by atoms with E-state index in [-0.39, 0.29) is 0 Å². The summed E-state index contributed by atoms with van der Waals surface area (Å²) in [6.07, 6.45) is 0.782. The van der Waals surface area contributed by atoms with Crippen LogP contribution >= 0.6 is 11.3 Å². The second-order valence-corrected chi connectivity index (χ2v) is 5.60. The predicted molar refractivity (Wildman–Crippen MR) is 72.2 cm³/mol. The highest BCUT2D eigenvalue weighted by Crippen LogP contribution is 2.29. The van der Waals surface area contributed by atoms with Crippen molar-refractivity contribution in [2.75, 3.05) is 0 Å². The largest absolute Gasteiger partial charge is 0.197 e. The molecule has 1 aromatic heterocycles. The van der Waals surface area contributed by atoms with Crippen LogP contribution in [0, 0.1) is 18.3 Å². The van der Waals surface area contributed by atoms with Crippen LogP contribution in [0.4, 0.5) is 0 Å². The van der Waals surface area contributed by atoms with Crippen molar-refractivity contribution >= 4 is 11.3 Å². The van der Waals surface area contributed by atoms with E-state index < -0.39 is 5.41 Å². The lowest BCUT2D eigenvalue weighted by molar-refractivity contribution is 0.612. The zero-order valence-electron chi connectivity index (χ0n) is 10.1. The van der Waals surface area contributed by atoms with Crippen molar-refractivity contribution in [3.8, 4) is 6.07 Å². The quantitative estimate of drug-likeness (QED) is 0.794. The van der Waals surface area contributed by atoms with Gasteiger partial charge in [-0.2, -0.15) is 5.26 Å². The van der Waals surface area contributed by atoms with E-state index in [1.54, 1.807) is 11.3 Å². The van der Waals surface area contributed by atoms with E-state index in [0.717, 1.165) is 12.0 Å². The first kappa shape index (κ1) is 11.9. The van der Waals surface area contributed by atoms with Gasteiger partial charge in [-0.1, -0.05) is 35.9 Å². The minimum atomic E-state index is -0.432. The molecule has 0 radical (unpaired) electrons. The summed E-state index contributed by atoms with van der Waals surface area (Å²) in [4.78, 5) is 1.26. The second-order valence-electron chi connectivity index (χ2n) is 4.57. The van der Waals surface area contributed by atoms with Crippen molar-refractivity contribution < 1.29 is 0 Å². The fourth-order valence-corrected chi connectivity index (χ4v) is 2.75. The van der Waals surface area contributed by atoms with Crippen LogP contribution in [0.1, 0.15) is 22.9 Å². The van der Waals surface area contributed by atoms with Crippen LogP contribution in [-0.2, 0) is 11.8 Å². The van der Waals surface area contributed by atoms with Crippen molar-refractivity contribution in [1.29, 1.82) is 5.26 Å². The second kappa shape index (κ2) is 4.73. The number of benzene rings is 1. The molecule has 0 N–H and O–H groups in total. The Balaban J connectivity index is 2.31. The SMILES string of the molecule is Cc1ccc(C(C)(C#N)Cc2cccs2)cc1. The Kier molecular flexibility index (Phi) is 3.31. The summed E-state index contributed by atoms with van der Waals surface area (Å²) < 4.78 is 0. The van der Waals surface area contributed by atoms with Gasteiger partial charge in [0.15, 0.2) is 0 Å². The molecule has 2 rings (SSSR count). The number of nitriles is 1. The van der Waals surface area contributed by atoms with Gasteiger partial charge in [-0.15, -0.1) is 11.3 Å². The average Bonchev–Trinajstić information content (AvgIpc) is 2.82. The van der Waals surface area contributed by atoms with Crippen LogP contribution in [0.2, 0.25) is 0 Å². The van der Waals surface area contributed by atoms with Gasteiger partial charge in [-0.05, 0) is 30.9 Å². The third-order valence-corrected chi connectivity index (χ3v) is 3.92. The molecule has 0 aliphatic rings. The highest BCUT2D eigenvalue weighted by atomic mass is 32.1. The van der Waals surface area contributed by atoms with E-state index in [1.807, 2.05) is 13.0 Å². The fourth-order valence-electron chi connectivity index (χ4n) is 1.89. The molecular formula is C15H15NS. The number of nitrogens with zero attached hydrogens (tertiary/aromatic N) is 1. The van der Waals surface area contributed by atoms with Crippen molar-refractivity contribution in [2.45, 2.75) is 25.7 Å². The van der Waals surface area contributed by atoms with Crippen LogP contribution in [-0.4, -0.2) is 0 Å². The van der Waals surface area contributed by atoms with Crippen LogP contribution in [0.5, 0.6) is 0 Å². The van der Waals surface area contributed by atoms with E-state index >= 15 is 0 Å². The van der Waals surface area contributed by atoms with Gasteiger partial charge in [-0.3, -0.25) is 0 Å². The van der Waals surface area contributed by atoms with Gasteiger partial charge in [0.2, 0.25) is 0 Å². The highest BCUT2D eigenvalue weighted by Gasteiger charge is 2.27. The van der Waals surface area contributed by atoms with Gasteiger partial charge < -0.3 is 0 Å². The Hall–Kier alpha value is -1.59. The number of hydrogen-bond donors (Lipinski definition) is 0. The molecule has 17 heavy (non-hydrogen) atoms. The molecule has 86 valence electrons. The topological polar surface area (TPSA) is 23.8 Å². The zero-order chi connectivity index (χ0) is 12.3. The van der Waals surface area contributed by atoms with Crippen LogP contribution in [0.25, 0.3) is 0 Å². The number of aryl methyl sites for hydroxylation is 1. The van der Waals surface area contributed by atoms with E-state index in [4.69, 9.17) is 0 Å². The van der Waals surface area contributed by atoms with E-state index in [2.05, 4.69) is 48.7 Å². The maximum atomic E-state index is 9.46. The molecule has 0 bridgehead atoms. The van der Waals surface area contributed by atoms with Gasteiger partial charge in [0.1, 0.15) is 0 Å². The molecule has 0 spiro atoms. The molecule has 2 aromatic rings. The third kappa shape index (κ3) is 2.57. The lowest BCUT2D eigenvalue weighted by Gasteiger charge is -2.21. The summed E-state index contributed by atoms with van der Waals surface area (Å²) in [5.74, 6) is 0. The van der Waals surface area contributed by atoms with E-state index in [1.165, 1.54) is 10.4 Å². The summed E-state index contributed by atoms with van der Waals surface area (Å²) in [6, 6.07) is 14.8. The third-order valence-electron chi connectivity index (χ3n) is 3.04. The average molecular weight is 241 g/mol. The molecule has 0 amide bonds. The van der Waals surface area contributed by atoms with Crippen LogP contribution in [0.3, 0.4) is 0 Å². The Morgan fingerprint density at radius 3 is 2.47 bits per heavy atom. The summed E-state index contributed by atoms with van der Waals surface area (Å²) in [6.45, 7) is 4.07. The van der Waals surface area contributed by atoms with Crippen molar-refractivity contribution in [1.82, 2.24) is 0 Å². The van der Waals surface area contributed by atoms with Crippen molar-refractivity contribution in [2.24, 2.45) is 0 Å². The first-order valence-electron chi connectivity index (χ1n) is 5.65. The summed E-state index contributed by atoms with van der Waals surface area (Å²) in [5, 5.41) is 11.5. The number of rotatable bonds is 3. The molecule has 2 heteroatoms. The molecule has 1 heterocycles. The van der Waals surface area contributed by atoms with Crippen LogP contribution in [0.15, 0.2) is 41.8 Å². The minimum absolute atomic E-state index is 0.432. The monoisotopic (exact) mass is 241 g/mol. The van der Waals surface area contributed by atoms with Gasteiger partial charge in [0.05, 0.1) is 11.5 Å². The molecular weight excluding hydrogens is 226 g/mol. The predicted octanol–water partition coefficient (Wildman–Crippen LogP) is 4.08. The molecule has 0 saturated carbocycles. The first-order chi connectivity index (χ1) is 8.14. The van der Waals surface area contributed by atoms with E-state index in [0.29, 0.717) is 0 Å². The molecule has 1 atom stereocenters. The lowest BCUT2D eigenvalue weighted by atomic mass is 9.80. The molecule has 0 aliphatic heterocycles.